The number of morpholine rings is 1. The number of carbonyl (C=O) groups excluding carboxylic acids is 1. The number of ether oxygens (including phenoxy) is 1. The van der Waals surface area contributed by atoms with Gasteiger partial charge in [0.25, 0.3) is 0 Å². The van der Waals surface area contributed by atoms with Gasteiger partial charge in [0.15, 0.2) is 5.16 Å². The molecule has 3 aromatic rings. The number of anilines is 1. The molecule has 4 rings (SSSR count). The lowest BCUT2D eigenvalue weighted by atomic mass is 10.1. The summed E-state index contributed by atoms with van der Waals surface area (Å²) < 4.78 is 7.30. The number of hydrogen-bond donors (Lipinski definition) is 1. The van der Waals surface area contributed by atoms with Crippen LogP contribution in [0.25, 0.3) is 5.69 Å². The van der Waals surface area contributed by atoms with E-state index in [9.17, 15) is 4.79 Å². The molecule has 0 aliphatic carbocycles. The van der Waals surface area contributed by atoms with Crippen LogP contribution in [0.3, 0.4) is 0 Å². The number of thioether (sulfide) groups is 1. The average molecular weight is 439 g/mol. The summed E-state index contributed by atoms with van der Waals surface area (Å²) in [5, 5.41) is 11.9. The second-order valence-electron chi connectivity index (χ2n) is 7.44. The molecule has 1 aliphatic rings. The maximum Gasteiger partial charge on any atom is 0.230 e. The van der Waals surface area contributed by atoms with Crippen molar-refractivity contribution >= 4 is 23.5 Å². The number of benzene rings is 1. The van der Waals surface area contributed by atoms with Crippen LogP contribution in [-0.4, -0.2) is 57.7 Å². The van der Waals surface area contributed by atoms with E-state index in [2.05, 4.69) is 51.4 Å². The number of nitrogens with zero attached hydrogens (tertiary/aromatic N) is 5. The molecule has 0 radical (unpaired) electrons. The van der Waals surface area contributed by atoms with Crippen LogP contribution in [-0.2, 0) is 16.1 Å². The van der Waals surface area contributed by atoms with E-state index in [4.69, 9.17) is 4.74 Å². The summed E-state index contributed by atoms with van der Waals surface area (Å²) in [4.78, 5) is 19.1. The zero-order valence-electron chi connectivity index (χ0n) is 17.7. The molecule has 0 bridgehead atoms. The van der Waals surface area contributed by atoms with E-state index in [1.165, 1.54) is 22.9 Å². The van der Waals surface area contributed by atoms with Crippen molar-refractivity contribution in [3.05, 3.63) is 59.5 Å². The first-order chi connectivity index (χ1) is 15.1. The first-order valence-corrected chi connectivity index (χ1v) is 11.2. The third-order valence-corrected chi connectivity index (χ3v) is 6.20. The Morgan fingerprint density at radius 3 is 2.81 bits per heavy atom. The topological polar surface area (TPSA) is 85.2 Å². The molecule has 0 atom stereocenters. The molecule has 3 heterocycles. The van der Waals surface area contributed by atoms with Gasteiger partial charge in [-0.3, -0.25) is 9.36 Å². The number of aryl methyl sites for hydroxylation is 2. The summed E-state index contributed by atoms with van der Waals surface area (Å²) in [5.74, 6) is 1.14. The first-order valence-electron chi connectivity index (χ1n) is 10.2. The number of nitrogens with one attached hydrogen (secondary N) is 1. The molecular weight excluding hydrogens is 412 g/mol. The summed E-state index contributed by atoms with van der Waals surface area (Å²) in [6, 6.07) is 10.2. The maximum absolute atomic E-state index is 12.4. The van der Waals surface area contributed by atoms with Crippen LogP contribution in [0.1, 0.15) is 16.7 Å². The quantitative estimate of drug-likeness (QED) is 0.568. The summed E-state index contributed by atoms with van der Waals surface area (Å²) in [5.41, 5.74) is 4.45. The van der Waals surface area contributed by atoms with E-state index in [-0.39, 0.29) is 11.7 Å². The highest BCUT2D eigenvalue weighted by Gasteiger charge is 2.14. The van der Waals surface area contributed by atoms with E-state index in [1.807, 2.05) is 22.8 Å². The summed E-state index contributed by atoms with van der Waals surface area (Å²) in [7, 11) is 0. The Balaban J connectivity index is 1.31. The zero-order valence-corrected chi connectivity index (χ0v) is 18.6. The lowest BCUT2D eigenvalue weighted by Gasteiger charge is -2.28. The van der Waals surface area contributed by atoms with Gasteiger partial charge < -0.3 is 15.0 Å². The Morgan fingerprint density at radius 1 is 1.16 bits per heavy atom. The maximum atomic E-state index is 12.4. The number of aromatic nitrogens is 4. The number of carbonyl (C=O) groups is 1. The third kappa shape index (κ3) is 5.42. The fourth-order valence-electron chi connectivity index (χ4n) is 3.29. The lowest BCUT2D eigenvalue weighted by molar-refractivity contribution is -0.118. The molecular formula is C22H26N6O2S. The van der Waals surface area contributed by atoms with Gasteiger partial charge in [0, 0.05) is 31.5 Å². The molecule has 1 saturated heterocycles. The second-order valence-corrected chi connectivity index (χ2v) is 8.38. The highest BCUT2D eigenvalue weighted by atomic mass is 32.2. The normalized spacial score (nSPS) is 13.9. The van der Waals surface area contributed by atoms with Crippen LogP contribution < -0.4 is 10.2 Å². The predicted octanol–water partition coefficient (Wildman–Crippen LogP) is 2.52. The van der Waals surface area contributed by atoms with Crippen LogP contribution in [0.4, 0.5) is 5.82 Å². The van der Waals surface area contributed by atoms with Gasteiger partial charge in [-0.25, -0.2) is 4.98 Å². The Hall–Kier alpha value is -2.91. The van der Waals surface area contributed by atoms with Gasteiger partial charge in [-0.05, 0) is 54.8 Å². The second kappa shape index (κ2) is 9.93. The molecule has 2 aromatic heterocycles. The summed E-state index contributed by atoms with van der Waals surface area (Å²) in [6.07, 6.45) is 3.46. The van der Waals surface area contributed by atoms with Crippen molar-refractivity contribution in [2.24, 2.45) is 0 Å². The van der Waals surface area contributed by atoms with Crippen molar-refractivity contribution in [1.82, 2.24) is 25.1 Å². The van der Waals surface area contributed by atoms with Crippen molar-refractivity contribution in [3.63, 3.8) is 0 Å². The van der Waals surface area contributed by atoms with Crippen molar-refractivity contribution in [2.75, 3.05) is 37.0 Å². The minimum absolute atomic E-state index is 0.0515. The van der Waals surface area contributed by atoms with Crippen LogP contribution in [0.2, 0.25) is 0 Å². The highest BCUT2D eigenvalue weighted by molar-refractivity contribution is 7.99. The first kappa shape index (κ1) is 21.3. The average Bonchev–Trinajstić information content (AvgIpc) is 3.27. The predicted molar refractivity (Wildman–Crippen MR) is 121 cm³/mol. The van der Waals surface area contributed by atoms with Gasteiger partial charge in [-0.2, -0.15) is 0 Å². The van der Waals surface area contributed by atoms with Gasteiger partial charge in [0.1, 0.15) is 12.1 Å². The fourth-order valence-corrected chi connectivity index (χ4v) is 4.05. The van der Waals surface area contributed by atoms with Gasteiger partial charge >= 0.3 is 0 Å². The Labute approximate surface area is 186 Å². The van der Waals surface area contributed by atoms with Gasteiger partial charge in [0.05, 0.1) is 19.0 Å². The Bertz CT molecular complexity index is 1050. The van der Waals surface area contributed by atoms with Crippen LogP contribution in [0.5, 0.6) is 0 Å². The minimum atomic E-state index is -0.0515. The standard InChI is InChI=1S/C22H26N6O2S/c1-16-3-4-19(11-17(16)2)28-15-25-26-22(28)31-14-21(29)24-13-18-5-6-23-20(12-18)27-7-9-30-10-8-27/h3-6,11-12,15H,7-10,13-14H2,1-2H3,(H,24,29). The van der Waals surface area contributed by atoms with E-state index in [0.29, 0.717) is 24.9 Å². The van der Waals surface area contributed by atoms with E-state index >= 15 is 0 Å². The minimum Gasteiger partial charge on any atom is -0.378 e. The molecule has 0 unspecified atom stereocenters. The summed E-state index contributed by atoms with van der Waals surface area (Å²) >= 11 is 1.37. The zero-order chi connectivity index (χ0) is 21.6. The Kier molecular flexibility index (Phi) is 6.83. The van der Waals surface area contributed by atoms with E-state index < -0.39 is 0 Å². The van der Waals surface area contributed by atoms with Crippen molar-refractivity contribution in [2.45, 2.75) is 25.5 Å². The van der Waals surface area contributed by atoms with E-state index in [1.54, 1.807) is 12.5 Å². The van der Waals surface area contributed by atoms with E-state index in [0.717, 1.165) is 30.2 Å². The smallest absolute Gasteiger partial charge is 0.230 e. The molecule has 0 spiro atoms. The molecule has 1 amide bonds. The number of pyridine rings is 1. The fraction of sp³-hybridized carbons (Fsp3) is 0.364. The van der Waals surface area contributed by atoms with Crippen molar-refractivity contribution < 1.29 is 9.53 Å². The largest absolute Gasteiger partial charge is 0.378 e. The Morgan fingerprint density at radius 2 is 2.00 bits per heavy atom. The molecule has 0 saturated carbocycles. The summed E-state index contributed by atoms with van der Waals surface area (Å²) in [6.45, 7) is 7.72. The van der Waals surface area contributed by atoms with Crippen LogP contribution in [0, 0.1) is 13.8 Å². The van der Waals surface area contributed by atoms with Gasteiger partial charge in [-0.15, -0.1) is 10.2 Å². The van der Waals surface area contributed by atoms with Crippen molar-refractivity contribution in [3.8, 4) is 5.69 Å². The number of rotatable bonds is 7. The van der Waals surface area contributed by atoms with Gasteiger partial charge in [0.2, 0.25) is 5.91 Å². The monoisotopic (exact) mass is 438 g/mol. The molecule has 9 heteroatoms. The highest BCUT2D eigenvalue weighted by Crippen LogP contribution is 2.21. The van der Waals surface area contributed by atoms with Crippen LogP contribution in [0.15, 0.2) is 48.0 Å². The van der Waals surface area contributed by atoms with Gasteiger partial charge in [-0.1, -0.05) is 17.8 Å². The molecule has 8 nitrogen and oxygen atoms in total. The SMILES string of the molecule is Cc1ccc(-n2cnnc2SCC(=O)NCc2ccnc(N3CCOCC3)c2)cc1C. The molecule has 1 N–H and O–H groups in total. The molecule has 1 aliphatic heterocycles. The van der Waals surface area contributed by atoms with Crippen molar-refractivity contribution in [1.29, 1.82) is 0 Å². The molecule has 162 valence electrons. The molecule has 1 fully saturated rings. The number of amides is 1. The number of hydrogen-bond acceptors (Lipinski definition) is 7. The molecule has 1 aromatic carbocycles. The molecule has 31 heavy (non-hydrogen) atoms. The third-order valence-electron chi connectivity index (χ3n) is 5.25. The van der Waals surface area contributed by atoms with Crippen LogP contribution >= 0.6 is 11.8 Å². The lowest BCUT2D eigenvalue weighted by Crippen LogP contribution is -2.36.